The molecule has 0 unspecified atom stereocenters. The van der Waals surface area contributed by atoms with Crippen LogP contribution in [0.2, 0.25) is 0 Å². The molecule has 1 aromatic heterocycles. The van der Waals surface area contributed by atoms with Crippen LogP contribution in [0.1, 0.15) is 5.56 Å². The van der Waals surface area contributed by atoms with E-state index in [0.717, 1.165) is 11.0 Å². The van der Waals surface area contributed by atoms with Gasteiger partial charge in [-0.05, 0) is 30.0 Å². The number of hydrogen-bond donors (Lipinski definition) is 0. The molecule has 0 saturated carbocycles. The van der Waals surface area contributed by atoms with E-state index in [1.807, 2.05) is 31.1 Å². The molecule has 0 saturated heterocycles. The van der Waals surface area contributed by atoms with Crippen LogP contribution in [0.5, 0.6) is 0 Å². The van der Waals surface area contributed by atoms with Crippen molar-refractivity contribution in [3.05, 3.63) is 60.3 Å². The van der Waals surface area contributed by atoms with Crippen LogP contribution in [0, 0.1) is 0 Å². The van der Waals surface area contributed by atoms with E-state index in [1.165, 1.54) is 16.3 Å². The monoisotopic (exact) mass is 248 g/mol. The van der Waals surface area contributed by atoms with Gasteiger partial charge in [-0.15, -0.1) is 0 Å². The van der Waals surface area contributed by atoms with Crippen molar-refractivity contribution in [1.82, 2.24) is 9.88 Å². The molecule has 3 aromatic rings. The Balaban J connectivity index is 2.39. The zero-order valence-electron chi connectivity index (χ0n) is 11.2. The molecule has 0 radical (unpaired) electrons. The molecule has 1 heterocycles. The third kappa shape index (κ3) is 2.17. The van der Waals surface area contributed by atoms with E-state index in [2.05, 4.69) is 48.7 Å². The normalized spacial score (nSPS) is 11.5. The maximum Gasteiger partial charge on any atom is 0.0715 e. The number of aromatic nitrogens is 1. The Labute approximate surface area is 113 Å². The van der Waals surface area contributed by atoms with Crippen LogP contribution >= 0.6 is 0 Å². The van der Waals surface area contributed by atoms with Gasteiger partial charge in [0.15, 0.2) is 0 Å². The fraction of sp³-hybridized carbons (Fsp3) is 0.118. The molecule has 94 valence electrons. The first-order valence-corrected chi connectivity index (χ1v) is 6.38. The highest BCUT2D eigenvalue weighted by Crippen LogP contribution is 2.26. The lowest BCUT2D eigenvalue weighted by Gasteiger charge is -2.09. The van der Waals surface area contributed by atoms with E-state index in [9.17, 15) is 0 Å². The Hall–Kier alpha value is -2.35. The lowest BCUT2D eigenvalue weighted by Crippen LogP contribution is -2.00. The highest BCUT2D eigenvalue weighted by atomic mass is 15.0. The number of rotatable bonds is 2. The van der Waals surface area contributed by atoms with Crippen LogP contribution in [0.25, 0.3) is 27.9 Å². The zero-order chi connectivity index (χ0) is 13.2. The third-order valence-corrected chi connectivity index (χ3v) is 3.17. The number of fused-ring (bicyclic) bond motifs is 2. The highest BCUT2D eigenvalue weighted by Gasteiger charge is 2.05. The highest BCUT2D eigenvalue weighted by molar-refractivity contribution is 6.02. The molecule has 0 aliphatic rings. The summed E-state index contributed by atoms with van der Waals surface area (Å²) >= 11 is 0. The Kier molecular flexibility index (Phi) is 2.92. The number of pyridine rings is 1. The first-order chi connectivity index (χ1) is 9.25. The average Bonchev–Trinajstić information content (AvgIpc) is 2.43. The van der Waals surface area contributed by atoms with Gasteiger partial charge in [-0.3, -0.25) is 0 Å². The smallest absolute Gasteiger partial charge is 0.0715 e. The maximum atomic E-state index is 4.72. The van der Waals surface area contributed by atoms with Crippen LogP contribution in [0.15, 0.2) is 54.7 Å². The molecular formula is C17H16N2. The molecule has 0 spiro atoms. The van der Waals surface area contributed by atoms with Crippen LogP contribution in [0.4, 0.5) is 0 Å². The average molecular weight is 248 g/mol. The van der Waals surface area contributed by atoms with Crippen molar-refractivity contribution >= 4 is 27.9 Å². The van der Waals surface area contributed by atoms with Crippen LogP contribution in [0.3, 0.4) is 0 Å². The Bertz CT molecular complexity index is 703. The van der Waals surface area contributed by atoms with Crippen molar-refractivity contribution in [2.45, 2.75) is 0 Å². The summed E-state index contributed by atoms with van der Waals surface area (Å²) in [5.74, 6) is 0. The zero-order valence-corrected chi connectivity index (χ0v) is 11.2. The minimum atomic E-state index is 1.04. The lowest BCUT2D eigenvalue weighted by atomic mass is 10.0. The van der Waals surface area contributed by atoms with Crippen LogP contribution in [-0.4, -0.2) is 24.0 Å². The first-order valence-electron chi connectivity index (χ1n) is 6.38. The molecule has 0 N–H and O–H groups in total. The number of para-hydroxylation sites is 2. The first kappa shape index (κ1) is 11.7. The van der Waals surface area contributed by atoms with E-state index in [4.69, 9.17) is 4.98 Å². The molecular weight excluding hydrogens is 232 g/mol. The van der Waals surface area contributed by atoms with Crippen molar-refractivity contribution in [3.63, 3.8) is 0 Å². The van der Waals surface area contributed by atoms with E-state index in [0.29, 0.717) is 0 Å². The molecule has 2 aromatic carbocycles. The molecule has 3 rings (SSSR count). The summed E-state index contributed by atoms with van der Waals surface area (Å²) in [6.07, 6.45) is 4.24. The van der Waals surface area contributed by atoms with Gasteiger partial charge in [0.1, 0.15) is 0 Å². The Morgan fingerprint density at radius 1 is 0.842 bits per heavy atom. The largest absolute Gasteiger partial charge is 0.383 e. The van der Waals surface area contributed by atoms with Crippen LogP contribution in [-0.2, 0) is 0 Å². The maximum absolute atomic E-state index is 4.72. The second-order valence-electron chi connectivity index (χ2n) is 4.84. The van der Waals surface area contributed by atoms with Gasteiger partial charge in [0.2, 0.25) is 0 Å². The predicted octanol–water partition coefficient (Wildman–Crippen LogP) is 3.92. The fourth-order valence-electron chi connectivity index (χ4n) is 2.28. The number of benzene rings is 2. The minimum Gasteiger partial charge on any atom is -0.383 e. The van der Waals surface area contributed by atoms with Gasteiger partial charge < -0.3 is 4.90 Å². The lowest BCUT2D eigenvalue weighted by molar-refractivity contribution is 0.567. The molecule has 2 nitrogen and oxygen atoms in total. The summed E-state index contributed by atoms with van der Waals surface area (Å²) in [5.41, 5.74) is 3.31. The molecule has 0 fully saturated rings. The van der Waals surface area contributed by atoms with Crippen LogP contribution < -0.4 is 0 Å². The molecule has 0 atom stereocenters. The number of hydrogen-bond acceptors (Lipinski definition) is 2. The summed E-state index contributed by atoms with van der Waals surface area (Å²) in [6.45, 7) is 0. The van der Waals surface area contributed by atoms with Gasteiger partial charge in [-0.25, -0.2) is 4.98 Å². The summed E-state index contributed by atoms with van der Waals surface area (Å²) in [7, 11) is 4.06. The van der Waals surface area contributed by atoms with Gasteiger partial charge in [-0.1, -0.05) is 36.4 Å². The molecule has 19 heavy (non-hydrogen) atoms. The number of nitrogens with zero attached hydrogens (tertiary/aromatic N) is 2. The summed E-state index contributed by atoms with van der Waals surface area (Å²) in [6, 6.07) is 16.6. The molecule has 0 aliphatic carbocycles. The van der Waals surface area contributed by atoms with Gasteiger partial charge in [0.25, 0.3) is 0 Å². The van der Waals surface area contributed by atoms with Gasteiger partial charge in [-0.2, -0.15) is 0 Å². The SMILES string of the molecule is CN(C)/C=C/c1c2ccccc2nc2ccccc12. The molecule has 0 amide bonds. The van der Waals surface area contributed by atoms with E-state index < -0.39 is 0 Å². The van der Waals surface area contributed by atoms with Crippen molar-refractivity contribution in [3.8, 4) is 0 Å². The third-order valence-electron chi connectivity index (χ3n) is 3.17. The second-order valence-corrected chi connectivity index (χ2v) is 4.84. The summed E-state index contributed by atoms with van der Waals surface area (Å²) in [5, 5.41) is 2.39. The van der Waals surface area contributed by atoms with E-state index in [-0.39, 0.29) is 0 Å². The van der Waals surface area contributed by atoms with E-state index in [1.54, 1.807) is 0 Å². The van der Waals surface area contributed by atoms with Gasteiger partial charge in [0.05, 0.1) is 11.0 Å². The van der Waals surface area contributed by atoms with Gasteiger partial charge in [0, 0.05) is 24.9 Å². The standard InChI is InChI=1S/C17H16N2/c1-19(2)12-11-13-14-7-3-5-9-16(14)18-17-10-6-4-8-15(13)17/h3-12H,1-2H3/b12-11+. The van der Waals surface area contributed by atoms with E-state index >= 15 is 0 Å². The minimum absolute atomic E-state index is 1.04. The van der Waals surface area contributed by atoms with Crippen molar-refractivity contribution in [2.24, 2.45) is 0 Å². The molecule has 2 heteroatoms. The summed E-state index contributed by atoms with van der Waals surface area (Å²) in [4.78, 5) is 6.76. The predicted molar refractivity (Wildman–Crippen MR) is 82.0 cm³/mol. The Morgan fingerprint density at radius 2 is 1.37 bits per heavy atom. The Morgan fingerprint density at radius 3 is 1.89 bits per heavy atom. The second kappa shape index (κ2) is 4.73. The van der Waals surface area contributed by atoms with Crippen molar-refractivity contribution in [2.75, 3.05) is 14.1 Å². The molecule has 0 bridgehead atoms. The fourth-order valence-corrected chi connectivity index (χ4v) is 2.28. The summed E-state index contributed by atoms with van der Waals surface area (Å²) < 4.78 is 0. The topological polar surface area (TPSA) is 16.1 Å². The van der Waals surface area contributed by atoms with Crippen molar-refractivity contribution < 1.29 is 0 Å². The van der Waals surface area contributed by atoms with Crippen molar-refractivity contribution in [1.29, 1.82) is 0 Å². The van der Waals surface area contributed by atoms with Gasteiger partial charge >= 0.3 is 0 Å². The quantitative estimate of drug-likeness (QED) is 0.639. The molecule has 0 aliphatic heterocycles.